The third-order valence-electron chi connectivity index (χ3n) is 3.04. The monoisotopic (exact) mass is 257 g/mol. The molecule has 0 radical (unpaired) electrons. The van der Waals surface area contributed by atoms with Crippen molar-refractivity contribution in [2.75, 3.05) is 13.7 Å². The van der Waals surface area contributed by atoms with E-state index in [1.54, 1.807) is 4.90 Å². The fraction of sp³-hybridized carbons (Fsp3) is 0.846. The quantitative estimate of drug-likeness (QED) is 0.676. The van der Waals surface area contributed by atoms with Gasteiger partial charge >= 0.3 is 12.1 Å². The first-order valence-electron chi connectivity index (χ1n) is 6.32. The molecule has 1 aliphatic rings. The fourth-order valence-electron chi connectivity index (χ4n) is 2.04. The standard InChI is InChI=1S/C13H23NO4/c1-9-6-7-10(11(15)17-5)8-14(9)12(16)18-13(2,3)4/h9-10H,6-8H2,1-5H3. The van der Waals surface area contributed by atoms with Gasteiger partial charge in [0.2, 0.25) is 0 Å². The zero-order chi connectivity index (χ0) is 13.9. The van der Waals surface area contributed by atoms with E-state index in [0.717, 1.165) is 12.8 Å². The third-order valence-corrected chi connectivity index (χ3v) is 3.04. The molecule has 1 heterocycles. The Hall–Kier alpha value is -1.26. The van der Waals surface area contributed by atoms with Gasteiger partial charge in [-0.3, -0.25) is 4.79 Å². The number of esters is 1. The number of nitrogens with zero attached hydrogens (tertiary/aromatic N) is 1. The molecule has 1 rings (SSSR count). The average molecular weight is 257 g/mol. The fourth-order valence-corrected chi connectivity index (χ4v) is 2.04. The van der Waals surface area contributed by atoms with Gasteiger partial charge in [0.25, 0.3) is 0 Å². The van der Waals surface area contributed by atoms with E-state index in [2.05, 4.69) is 0 Å². The maximum absolute atomic E-state index is 12.0. The summed E-state index contributed by atoms with van der Waals surface area (Å²) in [4.78, 5) is 25.2. The SMILES string of the molecule is COC(=O)C1CCC(C)N(C(=O)OC(C)(C)C)C1. The molecule has 1 amide bonds. The van der Waals surface area contributed by atoms with Crippen LogP contribution in [-0.4, -0.2) is 42.3 Å². The van der Waals surface area contributed by atoms with Gasteiger partial charge < -0.3 is 14.4 Å². The molecule has 0 N–H and O–H groups in total. The molecule has 1 aliphatic heterocycles. The highest BCUT2D eigenvalue weighted by Gasteiger charge is 2.35. The molecule has 2 unspecified atom stereocenters. The molecule has 0 aromatic heterocycles. The van der Waals surface area contributed by atoms with Gasteiger partial charge in [0.15, 0.2) is 0 Å². The van der Waals surface area contributed by atoms with Gasteiger partial charge in [0.05, 0.1) is 13.0 Å². The van der Waals surface area contributed by atoms with Crippen LogP contribution in [0.3, 0.4) is 0 Å². The first kappa shape index (κ1) is 14.8. The molecule has 0 spiro atoms. The van der Waals surface area contributed by atoms with E-state index in [1.165, 1.54) is 7.11 Å². The number of ether oxygens (including phenoxy) is 2. The number of hydrogen-bond acceptors (Lipinski definition) is 4. The van der Waals surface area contributed by atoms with Crippen LogP contribution in [0.25, 0.3) is 0 Å². The largest absolute Gasteiger partial charge is 0.469 e. The van der Waals surface area contributed by atoms with Gasteiger partial charge in [-0.2, -0.15) is 0 Å². The van der Waals surface area contributed by atoms with Crippen LogP contribution in [0, 0.1) is 5.92 Å². The number of amides is 1. The van der Waals surface area contributed by atoms with Crippen LogP contribution in [0.15, 0.2) is 0 Å². The lowest BCUT2D eigenvalue weighted by molar-refractivity contribution is -0.147. The van der Waals surface area contributed by atoms with Crippen molar-refractivity contribution in [3.05, 3.63) is 0 Å². The first-order chi connectivity index (χ1) is 8.24. The van der Waals surface area contributed by atoms with Gasteiger partial charge in [0.1, 0.15) is 5.60 Å². The van der Waals surface area contributed by atoms with E-state index in [-0.39, 0.29) is 24.0 Å². The number of hydrogen-bond donors (Lipinski definition) is 0. The Morgan fingerprint density at radius 2 is 1.83 bits per heavy atom. The van der Waals surface area contributed by atoms with Gasteiger partial charge in [0, 0.05) is 12.6 Å². The van der Waals surface area contributed by atoms with Crippen molar-refractivity contribution in [1.29, 1.82) is 0 Å². The van der Waals surface area contributed by atoms with E-state index < -0.39 is 5.60 Å². The Balaban J connectivity index is 2.67. The highest BCUT2D eigenvalue weighted by atomic mass is 16.6. The number of methoxy groups -OCH3 is 1. The zero-order valence-electron chi connectivity index (χ0n) is 11.9. The number of carbonyl (C=O) groups is 2. The summed E-state index contributed by atoms with van der Waals surface area (Å²) in [5.74, 6) is -0.492. The molecule has 1 saturated heterocycles. The lowest BCUT2D eigenvalue weighted by Crippen LogP contribution is -2.49. The van der Waals surface area contributed by atoms with E-state index >= 15 is 0 Å². The highest BCUT2D eigenvalue weighted by molar-refractivity contribution is 5.75. The van der Waals surface area contributed by atoms with Crippen molar-refractivity contribution in [2.24, 2.45) is 5.92 Å². The molecule has 104 valence electrons. The summed E-state index contributed by atoms with van der Waals surface area (Å²) in [5, 5.41) is 0. The number of piperidine rings is 1. The summed E-state index contributed by atoms with van der Waals surface area (Å²) in [6, 6.07) is 0.0979. The maximum Gasteiger partial charge on any atom is 0.410 e. The van der Waals surface area contributed by atoms with Crippen LogP contribution in [0.2, 0.25) is 0 Å². The molecule has 2 atom stereocenters. The second-order valence-electron chi connectivity index (χ2n) is 5.78. The van der Waals surface area contributed by atoms with Gasteiger partial charge in [-0.1, -0.05) is 0 Å². The minimum absolute atomic E-state index is 0.0979. The van der Waals surface area contributed by atoms with Gasteiger partial charge in [-0.05, 0) is 40.5 Å². The number of carbonyl (C=O) groups excluding carboxylic acids is 2. The second-order valence-corrected chi connectivity index (χ2v) is 5.78. The summed E-state index contributed by atoms with van der Waals surface area (Å²) in [6.45, 7) is 7.84. The van der Waals surface area contributed by atoms with Crippen molar-refractivity contribution in [3.8, 4) is 0 Å². The molecule has 0 bridgehead atoms. The smallest absolute Gasteiger partial charge is 0.410 e. The molecule has 5 nitrogen and oxygen atoms in total. The van der Waals surface area contributed by atoms with Crippen LogP contribution in [0.1, 0.15) is 40.5 Å². The van der Waals surface area contributed by atoms with Crippen molar-refractivity contribution in [3.63, 3.8) is 0 Å². The Morgan fingerprint density at radius 3 is 2.33 bits per heavy atom. The molecule has 0 saturated carbocycles. The lowest BCUT2D eigenvalue weighted by Gasteiger charge is -2.37. The van der Waals surface area contributed by atoms with E-state index in [9.17, 15) is 9.59 Å². The van der Waals surface area contributed by atoms with E-state index in [1.807, 2.05) is 27.7 Å². The highest BCUT2D eigenvalue weighted by Crippen LogP contribution is 2.24. The molecular formula is C13H23NO4. The molecule has 0 aromatic carbocycles. The van der Waals surface area contributed by atoms with Crippen molar-refractivity contribution < 1.29 is 19.1 Å². The van der Waals surface area contributed by atoms with Crippen LogP contribution in [-0.2, 0) is 14.3 Å². The minimum atomic E-state index is -0.519. The van der Waals surface area contributed by atoms with E-state index in [0.29, 0.717) is 6.54 Å². The Kier molecular flexibility index (Phi) is 4.59. The maximum atomic E-state index is 12.0. The van der Waals surface area contributed by atoms with Gasteiger partial charge in [-0.25, -0.2) is 4.79 Å². The topological polar surface area (TPSA) is 55.8 Å². The lowest BCUT2D eigenvalue weighted by atomic mass is 9.94. The Bertz CT molecular complexity index is 321. The average Bonchev–Trinajstić information content (AvgIpc) is 2.26. The van der Waals surface area contributed by atoms with Crippen LogP contribution >= 0.6 is 0 Å². The van der Waals surface area contributed by atoms with E-state index in [4.69, 9.17) is 9.47 Å². The first-order valence-corrected chi connectivity index (χ1v) is 6.32. The predicted molar refractivity (Wildman–Crippen MR) is 67.1 cm³/mol. The molecule has 1 fully saturated rings. The number of likely N-dealkylation sites (tertiary alicyclic amines) is 1. The minimum Gasteiger partial charge on any atom is -0.469 e. The third kappa shape index (κ3) is 3.89. The number of rotatable bonds is 1. The summed E-state index contributed by atoms with van der Waals surface area (Å²) < 4.78 is 10.1. The Morgan fingerprint density at radius 1 is 1.22 bits per heavy atom. The normalized spacial score (nSPS) is 24.6. The summed E-state index contributed by atoms with van der Waals surface area (Å²) in [6.07, 6.45) is 1.19. The Labute approximate surface area is 108 Å². The zero-order valence-corrected chi connectivity index (χ0v) is 11.9. The summed E-state index contributed by atoms with van der Waals surface area (Å²) in [5.41, 5.74) is -0.519. The summed E-state index contributed by atoms with van der Waals surface area (Å²) >= 11 is 0. The molecule has 5 heteroatoms. The summed E-state index contributed by atoms with van der Waals surface area (Å²) in [7, 11) is 1.37. The van der Waals surface area contributed by atoms with Crippen LogP contribution in [0.5, 0.6) is 0 Å². The predicted octanol–water partition coefficient (Wildman–Crippen LogP) is 2.20. The van der Waals surface area contributed by atoms with Crippen molar-refractivity contribution >= 4 is 12.1 Å². The molecule has 0 aliphatic carbocycles. The molecule has 18 heavy (non-hydrogen) atoms. The second kappa shape index (κ2) is 5.59. The molecular weight excluding hydrogens is 234 g/mol. The van der Waals surface area contributed by atoms with Crippen molar-refractivity contribution in [1.82, 2.24) is 4.90 Å². The van der Waals surface area contributed by atoms with Crippen LogP contribution < -0.4 is 0 Å². The van der Waals surface area contributed by atoms with Crippen molar-refractivity contribution in [2.45, 2.75) is 52.2 Å². The molecule has 0 aromatic rings. The van der Waals surface area contributed by atoms with Gasteiger partial charge in [-0.15, -0.1) is 0 Å². The van der Waals surface area contributed by atoms with Crippen LogP contribution in [0.4, 0.5) is 4.79 Å².